The molecule has 106 valence electrons. The van der Waals surface area contributed by atoms with Crippen LogP contribution in [0.5, 0.6) is 0 Å². The maximum absolute atomic E-state index is 12.5. The molecule has 0 aromatic heterocycles. The number of carbonyl (C=O) groups is 1. The second-order valence-corrected chi connectivity index (χ2v) is 6.41. The van der Waals surface area contributed by atoms with Gasteiger partial charge in [0.15, 0.2) is 5.78 Å². The summed E-state index contributed by atoms with van der Waals surface area (Å²) in [5, 5.41) is 0. The minimum atomic E-state index is -3.72. The van der Waals surface area contributed by atoms with E-state index < -0.39 is 10.0 Å². The van der Waals surface area contributed by atoms with E-state index in [1.54, 1.807) is 48.5 Å². The van der Waals surface area contributed by atoms with Crippen molar-refractivity contribution < 1.29 is 13.2 Å². The number of ketones is 1. The molecule has 0 radical (unpaired) electrons. The first-order chi connectivity index (χ1) is 10.1. The Bertz CT molecular complexity index is 814. The lowest BCUT2D eigenvalue weighted by Crippen LogP contribution is -2.36. The van der Waals surface area contributed by atoms with Gasteiger partial charge in [0.05, 0.1) is 12.2 Å². The van der Waals surface area contributed by atoms with Gasteiger partial charge in [-0.15, -0.1) is 0 Å². The predicted octanol–water partition coefficient (Wildman–Crippen LogP) is 2.23. The zero-order chi connectivity index (χ0) is 14.9. The number of sulfonamides is 1. The normalized spacial score (nSPS) is 15.5. The first kappa shape index (κ1) is 13.5. The van der Waals surface area contributed by atoms with E-state index in [9.17, 15) is 13.2 Å². The van der Waals surface area contributed by atoms with E-state index in [2.05, 4.69) is 4.99 Å². The number of rotatable bonds is 3. The molecule has 1 aliphatic rings. The molecule has 0 bridgehead atoms. The van der Waals surface area contributed by atoms with Crippen LogP contribution in [-0.4, -0.2) is 31.4 Å². The first-order valence-electron chi connectivity index (χ1n) is 6.32. The zero-order valence-corrected chi connectivity index (χ0v) is 11.8. The molecule has 21 heavy (non-hydrogen) atoms. The maximum atomic E-state index is 12.5. The third kappa shape index (κ3) is 2.45. The monoisotopic (exact) mass is 300 g/mol. The van der Waals surface area contributed by atoms with Gasteiger partial charge in [0.1, 0.15) is 11.2 Å². The van der Waals surface area contributed by atoms with Crippen LogP contribution < -0.4 is 0 Å². The lowest BCUT2D eigenvalue weighted by Gasteiger charge is -2.23. The van der Waals surface area contributed by atoms with Crippen LogP contribution in [0.1, 0.15) is 10.4 Å². The van der Waals surface area contributed by atoms with E-state index in [0.717, 1.165) is 4.31 Å². The molecule has 3 rings (SSSR count). The first-order valence-corrected chi connectivity index (χ1v) is 7.76. The number of aliphatic imine (C=N–C) groups is 1. The fourth-order valence-corrected chi connectivity index (χ4v) is 3.43. The van der Waals surface area contributed by atoms with E-state index in [-0.39, 0.29) is 17.2 Å². The molecule has 0 amide bonds. The molecule has 2 aromatic rings. The van der Waals surface area contributed by atoms with Crippen LogP contribution in [0, 0.1) is 0 Å². The summed E-state index contributed by atoms with van der Waals surface area (Å²) in [6, 6.07) is 15.1. The Balaban J connectivity index is 1.90. The number of hydrogen-bond donors (Lipinski definition) is 0. The Kier molecular flexibility index (Phi) is 3.31. The second kappa shape index (κ2) is 5.14. The number of nitrogens with zero attached hydrogens (tertiary/aromatic N) is 2. The van der Waals surface area contributed by atoms with Crippen LogP contribution in [0.3, 0.4) is 0 Å². The van der Waals surface area contributed by atoms with Gasteiger partial charge < -0.3 is 0 Å². The largest absolute Gasteiger partial charge is 0.292 e. The number of hydrogen-bond acceptors (Lipinski definition) is 4. The third-order valence-electron chi connectivity index (χ3n) is 3.17. The van der Waals surface area contributed by atoms with Gasteiger partial charge in [-0.1, -0.05) is 42.5 Å². The molecule has 0 N–H and O–H groups in total. The molecule has 0 unspecified atom stereocenters. The molecule has 1 heterocycles. The van der Waals surface area contributed by atoms with Crippen LogP contribution in [0.4, 0.5) is 5.69 Å². The van der Waals surface area contributed by atoms with Crippen molar-refractivity contribution in [3.05, 3.63) is 60.2 Å². The average Bonchev–Trinajstić information content (AvgIpc) is 2.51. The van der Waals surface area contributed by atoms with Crippen molar-refractivity contribution in [3.8, 4) is 0 Å². The quantitative estimate of drug-likeness (QED) is 0.816. The van der Waals surface area contributed by atoms with Crippen LogP contribution in [0.2, 0.25) is 0 Å². The molecular weight excluding hydrogens is 288 g/mol. The molecule has 0 aliphatic carbocycles. The summed E-state index contributed by atoms with van der Waals surface area (Å²) in [6.07, 6.45) is 1.19. The van der Waals surface area contributed by atoms with Crippen molar-refractivity contribution in [2.75, 3.05) is 6.54 Å². The smallest absolute Gasteiger partial charge is 0.267 e. The summed E-state index contributed by atoms with van der Waals surface area (Å²) in [5.74, 6) is -0.273. The van der Waals surface area contributed by atoms with E-state index >= 15 is 0 Å². The van der Waals surface area contributed by atoms with Crippen molar-refractivity contribution in [2.24, 2.45) is 4.99 Å². The molecule has 0 saturated carbocycles. The van der Waals surface area contributed by atoms with Gasteiger partial charge in [-0.05, 0) is 12.1 Å². The Morgan fingerprint density at radius 3 is 2.43 bits per heavy atom. The number of para-hydroxylation sites is 1. The fraction of sp³-hybridized carbons (Fsp3) is 0.0667. The van der Waals surface area contributed by atoms with Gasteiger partial charge in [-0.3, -0.25) is 4.79 Å². The average molecular weight is 300 g/mol. The van der Waals surface area contributed by atoms with Crippen LogP contribution in [0.15, 0.2) is 64.5 Å². The van der Waals surface area contributed by atoms with E-state index in [0.29, 0.717) is 11.3 Å². The summed E-state index contributed by atoms with van der Waals surface area (Å²) < 4.78 is 25.9. The third-order valence-corrected chi connectivity index (χ3v) is 4.91. The van der Waals surface area contributed by atoms with Gasteiger partial charge in [0.2, 0.25) is 0 Å². The van der Waals surface area contributed by atoms with Crippen molar-refractivity contribution in [2.45, 2.75) is 4.90 Å². The standard InChI is InChI=1S/C15H12N2O3S/c18-14(12-6-2-1-3-7-12)10-17-11-16-13-8-4-5-9-15(13)21(17,19)20/h1-9,11H,10H2. The van der Waals surface area contributed by atoms with Crippen LogP contribution >= 0.6 is 0 Å². The Morgan fingerprint density at radius 2 is 1.67 bits per heavy atom. The molecule has 6 heteroatoms. The summed E-state index contributed by atoms with van der Waals surface area (Å²) in [7, 11) is -3.72. The van der Waals surface area contributed by atoms with Crippen LogP contribution in [0.25, 0.3) is 0 Å². The molecule has 0 atom stereocenters. The molecule has 0 fully saturated rings. The van der Waals surface area contributed by atoms with Gasteiger partial charge in [0, 0.05) is 5.56 Å². The van der Waals surface area contributed by atoms with Gasteiger partial charge >= 0.3 is 0 Å². The second-order valence-electron chi connectivity index (χ2n) is 4.55. The molecule has 2 aromatic carbocycles. The van der Waals surface area contributed by atoms with Crippen molar-refractivity contribution in [1.29, 1.82) is 0 Å². The summed E-state index contributed by atoms with van der Waals surface area (Å²) >= 11 is 0. The fourth-order valence-electron chi connectivity index (χ4n) is 2.08. The summed E-state index contributed by atoms with van der Waals surface area (Å²) in [6.45, 7) is -0.260. The highest BCUT2D eigenvalue weighted by molar-refractivity contribution is 7.89. The molecule has 1 aliphatic heterocycles. The highest BCUT2D eigenvalue weighted by atomic mass is 32.2. The number of Topliss-reactive ketones (excluding diaryl/α,β-unsaturated/α-hetero) is 1. The minimum absolute atomic E-state index is 0.119. The number of benzene rings is 2. The molecule has 5 nitrogen and oxygen atoms in total. The topological polar surface area (TPSA) is 66.8 Å². The van der Waals surface area contributed by atoms with E-state index in [1.165, 1.54) is 12.4 Å². The van der Waals surface area contributed by atoms with Gasteiger partial charge in [-0.25, -0.2) is 17.7 Å². The van der Waals surface area contributed by atoms with Crippen LogP contribution in [-0.2, 0) is 10.0 Å². The Hall–Kier alpha value is -2.47. The summed E-state index contributed by atoms with van der Waals surface area (Å²) in [5.41, 5.74) is 0.862. The van der Waals surface area contributed by atoms with Gasteiger partial charge in [0.25, 0.3) is 10.0 Å². The van der Waals surface area contributed by atoms with Crippen molar-refractivity contribution in [3.63, 3.8) is 0 Å². The molecule has 0 saturated heterocycles. The Labute approximate surface area is 122 Å². The zero-order valence-electron chi connectivity index (χ0n) is 11.0. The summed E-state index contributed by atoms with van der Waals surface area (Å²) in [4.78, 5) is 16.4. The van der Waals surface area contributed by atoms with Crippen molar-refractivity contribution in [1.82, 2.24) is 4.31 Å². The SMILES string of the molecule is O=C(CN1C=Nc2ccccc2S1(=O)=O)c1ccccc1. The van der Waals surface area contributed by atoms with E-state index in [1.807, 2.05) is 0 Å². The lowest BCUT2D eigenvalue weighted by atomic mass is 10.1. The predicted molar refractivity (Wildman–Crippen MR) is 79.3 cm³/mol. The highest BCUT2D eigenvalue weighted by Crippen LogP contribution is 2.29. The maximum Gasteiger partial charge on any atom is 0.267 e. The number of carbonyl (C=O) groups excluding carboxylic acids is 1. The minimum Gasteiger partial charge on any atom is -0.292 e. The highest BCUT2D eigenvalue weighted by Gasteiger charge is 2.29. The van der Waals surface area contributed by atoms with Gasteiger partial charge in [-0.2, -0.15) is 0 Å². The molecular formula is C15H12N2O3S. The molecule has 0 spiro atoms. The Morgan fingerprint density at radius 1 is 1.00 bits per heavy atom. The van der Waals surface area contributed by atoms with Crippen molar-refractivity contribution >= 4 is 27.8 Å². The lowest BCUT2D eigenvalue weighted by molar-refractivity contribution is 0.0981. The van der Waals surface area contributed by atoms with E-state index in [4.69, 9.17) is 0 Å². The number of fused-ring (bicyclic) bond motifs is 1.